The van der Waals surface area contributed by atoms with Gasteiger partial charge in [0.05, 0.1) is 23.9 Å². The molecular formula is C14H17N3O3. The number of carbonyl (C=O) groups excluding carboxylic acids is 1. The number of benzene rings is 1. The van der Waals surface area contributed by atoms with E-state index < -0.39 is 11.7 Å². The Morgan fingerprint density at radius 2 is 2.15 bits per heavy atom. The van der Waals surface area contributed by atoms with E-state index in [4.69, 9.17) is 4.74 Å². The van der Waals surface area contributed by atoms with Crippen LogP contribution in [0.25, 0.3) is 11.3 Å². The lowest BCUT2D eigenvalue weighted by Gasteiger charge is -2.20. The molecule has 2 rings (SSSR count). The van der Waals surface area contributed by atoms with Gasteiger partial charge in [0.15, 0.2) is 0 Å². The number of imidazole rings is 1. The number of H-pyrrole nitrogens is 1. The molecule has 0 radical (unpaired) electrons. The van der Waals surface area contributed by atoms with Crippen molar-refractivity contribution in [3.05, 3.63) is 30.7 Å². The SMILES string of the molecule is CC(C)(C)OC(=O)Nc1ccc(-c2cnc[nH]2)cc1O. The molecule has 0 unspecified atom stereocenters. The second-order valence-corrected chi connectivity index (χ2v) is 5.32. The van der Waals surface area contributed by atoms with E-state index in [0.29, 0.717) is 5.69 Å². The van der Waals surface area contributed by atoms with Crippen LogP contribution < -0.4 is 5.32 Å². The molecule has 6 nitrogen and oxygen atoms in total. The summed E-state index contributed by atoms with van der Waals surface area (Å²) in [5.41, 5.74) is 1.26. The third-order valence-corrected chi connectivity index (χ3v) is 2.44. The van der Waals surface area contributed by atoms with Crippen molar-refractivity contribution < 1.29 is 14.6 Å². The molecule has 0 aliphatic carbocycles. The average molecular weight is 275 g/mol. The number of hydrogen-bond acceptors (Lipinski definition) is 4. The van der Waals surface area contributed by atoms with Crippen molar-refractivity contribution in [2.75, 3.05) is 5.32 Å². The zero-order chi connectivity index (χ0) is 14.8. The molecule has 2 aromatic rings. The Hall–Kier alpha value is -2.50. The molecule has 20 heavy (non-hydrogen) atoms. The van der Waals surface area contributed by atoms with E-state index in [1.165, 1.54) is 0 Å². The van der Waals surface area contributed by atoms with Gasteiger partial charge in [0.25, 0.3) is 0 Å². The number of nitrogens with one attached hydrogen (secondary N) is 2. The van der Waals surface area contributed by atoms with Crippen molar-refractivity contribution in [3.63, 3.8) is 0 Å². The van der Waals surface area contributed by atoms with Crippen LogP contribution in [0.2, 0.25) is 0 Å². The van der Waals surface area contributed by atoms with Crippen LogP contribution in [0.3, 0.4) is 0 Å². The maximum absolute atomic E-state index is 11.6. The summed E-state index contributed by atoms with van der Waals surface area (Å²) in [7, 11) is 0. The van der Waals surface area contributed by atoms with Gasteiger partial charge in [-0.05, 0) is 32.9 Å². The first-order valence-corrected chi connectivity index (χ1v) is 6.17. The summed E-state index contributed by atoms with van der Waals surface area (Å²) in [6, 6.07) is 4.91. The first kappa shape index (κ1) is 13.9. The van der Waals surface area contributed by atoms with Crippen LogP contribution in [0.5, 0.6) is 5.75 Å². The lowest BCUT2D eigenvalue weighted by molar-refractivity contribution is 0.0635. The summed E-state index contributed by atoms with van der Waals surface area (Å²) in [5, 5.41) is 12.4. The molecule has 3 N–H and O–H groups in total. The summed E-state index contributed by atoms with van der Waals surface area (Å²) in [5.74, 6) is -0.0389. The van der Waals surface area contributed by atoms with Crippen molar-refractivity contribution in [1.82, 2.24) is 9.97 Å². The minimum Gasteiger partial charge on any atom is -0.506 e. The van der Waals surface area contributed by atoms with Gasteiger partial charge >= 0.3 is 6.09 Å². The van der Waals surface area contributed by atoms with Gasteiger partial charge in [0, 0.05) is 5.56 Å². The summed E-state index contributed by atoms with van der Waals surface area (Å²) >= 11 is 0. The normalized spacial score (nSPS) is 11.2. The summed E-state index contributed by atoms with van der Waals surface area (Å²) in [6.45, 7) is 5.31. The Labute approximate surface area is 116 Å². The van der Waals surface area contributed by atoms with E-state index in [2.05, 4.69) is 15.3 Å². The van der Waals surface area contributed by atoms with Gasteiger partial charge in [-0.1, -0.05) is 6.07 Å². The molecule has 1 heterocycles. The fraction of sp³-hybridized carbons (Fsp3) is 0.286. The average Bonchev–Trinajstić information content (AvgIpc) is 2.82. The Morgan fingerprint density at radius 1 is 1.40 bits per heavy atom. The number of aromatic nitrogens is 2. The summed E-state index contributed by atoms with van der Waals surface area (Å²) in [4.78, 5) is 18.5. The first-order chi connectivity index (χ1) is 9.35. The molecule has 0 spiro atoms. The van der Waals surface area contributed by atoms with E-state index in [1.54, 1.807) is 51.5 Å². The number of rotatable bonds is 2. The van der Waals surface area contributed by atoms with Crippen molar-refractivity contribution >= 4 is 11.8 Å². The Balaban J connectivity index is 2.13. The Kier molecular flexibility index (Phi) is 3.65. The largest absolute Gasteiger partial charge is 0.506 e. The number of anilines is 1. The summed E-state index contributed by atoms with van der Waals surface area (Å²) in [6.07, 6.45) is 2.59. The molecule has 0 saturated heterocycles. The third kappa shape index (κ3) is 3.50. The molecule has 6 heteroatoms. The van der Waals surface area contributed by atoms with E-state index in [-0.39, 0.29) is 5.75 Å². The molecule has 106 valence electrons. The third-order valence-electron chi connectivity index (χ3n) is 2.44. The van der Waals surface area contributed by atoms with Gasteiger partial charge < -0.3 is 14.8 Å². The maximum atomic E-state index is 11.6. The zero-order valence-electron chi connectivity index (χ0n) is 11.6. The zero-order valence-corrected chi connectivity index (χ0v) is 11.6. The van der Waals surface area contributed by atoms with Gasteiger partial charge in [-0.3, -0.25) is 5.32 Å². The number of carbonyl (C=O) groups is 1. The minimum atomic E-state index is -0.609. The van der Waals surface area contributed by atoms with Gasteiger partial charge in [-0.25, -0.2) is 9.78 Å². The highest BCUT2D eigenvalue weighted by Gasteiger charge is 2.17. The highest BCUT2D eigenvalue weighted by Crippen LogP contribution is 2.29. The number of nitrogens with zero attached hydrogens (tertiary/aromatic N) is 1. The quantitative estimate of drug-likeness (QED) is 0.735. The molecular weight excluding hydrogens is 258 g/mol. The van der Waals surface area contributed by atoms with Crippen LogP contribution in [0.15, 0.2) is 30.7 Å². The monoisotopic (exact) mass is 275 g/mol. The van der Waals surface area contributed by atoms with Crippen molar-refractivity contribution in [2.45, 2.75) is 26.4 Å². The van der Waals surface area contributed by atoms with Gasteiger partial charge in [0.2, 0.25) is 0 Å². The highest BCUT2D eigenvalue weighted by molar-refractivity contribution is 5.87. The molecule has 0 saturated carbocycles. The smallest absolute Gasteiger partial charge is 0.412 e. The van der Waals surface area contributed by atoms with Crippen LogP contribution in [-0.4, -0.2) is 26.8 Å². The fourth-order valence-electron chi connectivity index (χ4n) is 1.63. The number of phenolic OH excluding ortho intramolecular Hbond substituents is 1. The van der Waals surface area contributed by atoms with Crippen LogP contribution in [0.1, 0.15) is 20.8 Å². The summed E-state index contributed by atoms with van der Waals surface area (Å²) < 4.78 is 5.12. The molecule has 1 amide bonds. The number of amides is 1. The van der Waals surface area contributed by atoms with Crippen molar-refractivity contribution in [3.8, 4) is 17.0 Å². The maximum Gasteiger partial charge on any atom is 0.412 e. The lowest BCUT2D eigenvalue weighted by atomic mass is 10.1. The van der Waals surface area contributed by atoms with Gasteiger partial charge in [0.1, 0.15) is 11.4 Å². The van der Waals surface area contributed by atoms with E-state index in [9.17, 15) is 9.90 Å². The van der Waals surface area contributed by atoms with Gasteiger partial charge in [-0.15, -0.1) is 0 Å². The van der Waals surface area contributed by atoms with Crippen LogP contribution in [-0.2, 0) is 4.74 Å². The Morgan fingerprint density at radius 3 is 2.70 bits per heavy atom. The predicted molar refractivity (Wildman–Crippen MR) is 75.5 cm³/mol. The van der Waals surface area contributed by atoms with E-state index in [1.807, 2.05) is 0 Å². The second kappa shape index (κ2) is 5.24. The van der Waals surface area contributed by atoms with Crippen LogP contribution in [0, 0.1) is 0 Å². The lowest BCUT2D eigenvalue weighted by Crippen LogP contribution is -2.27. The number of ether oxygens (including phenoxy) is 1. The molecule has 0 atom stereocenters. The molecule has 0 fully saturated rings. The fourth-order valence-corrected chi connectivity index (χ4v) is 1.63. The standard InChI is InChI=1S/C14H17N3O3/c1-14(2,3)20-13(19)17-10-5-4-9(6-12(10)18)11-7-15-8-16-11/h4-8,18H,1-3H3,(H,15,16)(H,17,19). The molecule has 1 aromatic heterocycles. The first-order valence-electron chi connectivity index (χ1n) is 6.17. The second-order valence-electron chi connectivity index (χ2n) is 5.32. The van der Waals surface area contributed by atoms with Crippen LogP contribution in [0.4, 0.5) is 10.5 Å². The van der Waals surface area contributed by atoms with Crippen molar-refractivity contribution in [1.29, 1.82) is 0 Å². The van der Waals surface area contributed by atoms with E-state index in [0.717, 1.165) is 11.3 Å². The van der Waals surface area contributed by atoms with E-state index >= 15 is 0 Å². The van der Waals surface area contributed by atoms with Crippen LogP contribution >= 0.6 is 0 Å². The topological polar surface area (TPSA) is 87.2 Å². The highest BCUT2D eigenvalue weighted by atomic mass is 16.6. The van der Waals surface area contributed by atoms with Crippen molar-refractivity contribution in [2.24, 2.45) is 0 Å². The number of aromatic amines is 1. The number of aromatic hydroxyl groups is 1. The predicted octanol–water partition coefficient (Wildman–Crippen LogP) is 3.13. The molecule has 0 bridgehead atoms. The molecule has 0 aliphatic rings. The molecule has 0 aliphatic heterocycles. The number of phenols is 1. The number of hydrogen-bond donors (Lipinski definition) is 3. The molecule has 1 aromatic carbocycles. The Bertz CT molecular complexity index is 601. The minimum absolute atomic E-state index is 0.0389. The van der Waals surface area contributed by atoms with Gasteiger partial charge in [-0.2, -0.15) is 0 Å².